The molecular weight excluding hydrogens is 268 g/mol. The maximum Gasteiger partial charge on any atom is 0.254 e. The summed E-state index contributed by atoms with van der Waals surface area (Å²) in [5.41, 5.74) is 0.658. The first-order valence-corrected chi connectivity index (χ1v) is 6.95. The molecule has 21 heavy (non-hydrogen) atoms. The van der Waals surface area contributed by atoms with E-state index in [4.69, 9.17) is 4.74 Å². The monoisotopic (exact) mass is 284 g/mol. The van der Waals surface area contributed by atoms with Crippen molar-refractivity contribution in [2.45, 2.75) is 18.9 Å². The molecule has 1 saturated heterocycles. The van der Waals surface area contributed by atoms with Gasteiger partial charge >= 0.3 is 0 Å². The van der Waals surface area contributed by atoms with Crippen LogP contribution in [0.5, 0.6) is 5.88 Å². The van der Waals surface area contributed by atoms with E-state index in [1.54, 1.807) is 43.1 Å². The number of nitrogens with zero attached hydrogens (tertiary/aromatic N) is 4. The lowest BCUT2D eigenvalue weighted by Crippen LogP contribution is -2.44. The Hall–Kier alpha value is -2.50. The van der Waals surface area contributed by atoms with E-state index in [-0.39, 0.29) is 12.0 Å². The molecule has 1 aliphatic rings. The minimum atomic E-state index is -0.0405. The molecule has 1 fully saturated rings. The third-order valence-electron chi connectivity index (χ3n) is 3.42. The highest BCUT2D eigenvalue weighted by atomic mass is 16.5. The molecule has 2 aromatic heterocycles. The van der Waals surface area contributed by atoms with E-state index in [2.05, 4.69) is 15.0 Å². The number of pyridine rings is 1. The second-order valence-electron chi connectivity index (χ2n) is 4.91. The second-order valence-corrected chi connectivity index (χ2v) is 4.91. The second kappa shape index (κ2) is 6.30. The summed E-state index contributed by atoms with van der Waals surface area (Å²) in [5.74, 6) is 0.519. The van der Waals surface area contributed by atoms with E-state index in [0.29, 0.717) is 18.0 Å². The molecule has 108 valence electrons. The highest BCUT2D eigenvalue weighted by molar-refractivity contribution is 5.94. The van der Waals surface area contributed by atoms with Gasteiger partial charge in [0.15, 0.2) is 0 Å². The summed E-state index contributed by atoms with van der Waals surface area (Å²) in [6.07, 6.45) is 9.84. The molecule has 6 heteroatoms. The normalized spacial score (nSPS) is 18.3. The van der Waals surface area contributed by atoms with Gasteiger partial charge in [0, 0.05) is 36.9 Å². The van der Waals surface area contributed by atoms with Crippen LogP contribution in [-0.4, -0.2) is 45.0 Å². The van der Waals surface area contributed by atoms with Crippen molar-refractivity contribution in [1.82, 2.24) is 19.9 Å². The van der Waals surface area contributed by atoms with Crippen molar-refractivity contribution in [3.05, 3.63) is 48.7 Å². The average Bonchev–Trinajstić information content (AvgIpc) is 2.56. The van der Waals surface area contributed by atoms with Crippen LogP contribution in [0.1, 0.15) is 23.2 Å². The SMILES string of the molecule is O=C(c1ccncc1)N1CCCC(Oc2cnccn2)C1. The summed E-state index contributed by atoms with van der Waals surface area (Å²) in [7, 11) is 0. The predicted molar refractivity (Wildman–Crippen MR) is 75.8 cm³/mol. The summed E-state index contributed by atoms with van der Waals surface area (Å²) in [6.45, 7) is 1.32. The van der Waals surface area contributed by atoms with Crippen LogP contribution in [0.25, 0.3) is 0 Å². The number of hydrogen-bond donors (Lipinski definition) is 0. The van der Waals surface area contributed by atoms with E-state index < -0.39 is 0 Å². The molecule has 3 heterocycles. The molecule has 1 unspecified atom stereocenters. The standard InChI is InChI=1S/C15H16N4O2/c20-15(12-3-5-16-6-4-12)19-9-1-2-13(11-19)21-14-10-17-7-8-18-14/h3-8,10,13H,1-2,9,11H2. The molecule has 0 aliphatic carbocycles. The zero-order valence-electron chi connectivity index (χ0n) is 11.6. The third-order valence-corrected chi connectivity index (χ3v) is 3.42. The fourth-order valence-electron chi connectivity index (χ4n) is 2.41. The first-order chi connectivity index (χ1) is 10.3. The highest BCUT2D eigenvalue weighted by Gasteiger charge is 2.25. The molecule has 1 amide bonds. The smallest absolute Gasteiger partial charge is 0.254 e. The van der Waals surface area contributed by atoms with Crippen molar-refractivity contribution < 1.29 is 9.53 Å². The van der Waals surface area contributed by atoms with Crippen molar-refractivity contribution in [3.8, 4) is 5.88 Å². The minimum Gasteiger partial charge on any atom is -0.471 e. The van der Waals surface area contributed by atoms with Gasteiger partial charge in [0.2, 0.25) is 5.88 Å². The Balaban J connectivity index is 1.64. The zero-order chi connectivity index (χ0) is 14.5. The fourth-order valence-corrected chi connectivity index (χ4v) is 2.41. The lowest BCUT2D eigenvalue weighted by atomic mass is 10.1. The number of ether oxygens (including phenoxy) is 1. The number of hydrogen-bond acceptors (Lipinski definition) is 5. The molecule has 0 N–H and O–H groups in total. The van der Waals surface area contributed by atoms with Gasteiger partial charge in [-0.15, -0.1) is 0 Å². The number of rotatable bonds is 3. The van der Waals surface area contributed by atoms with Crippen LogP contribution >= 0.6 is 0 Å². The van der Waals surface area contributed by atoms with Gasteiger partial charge in [-0.2, -0.15) is 0 Å². The van der Waals surface area contributed by atoms with Crippen molar-refractivity contribution in [2.75, 3.05) is 13.1 Å². The van der Waals surface area contributed by atoms with Crippen molar-refractivity contribution in [3.63, 3.8) is 0 Å². The Kier molecular flexibility index (Phi) is 4.04. The lowest BCUT2D eigenvalue weighted by Gasteiger charge is -2.32. The number of aromatic nitrogens is 3. The van der Waals surface area contributed by atoms with Crippen LogP contribution in [0.4, 0.5) is 0 Å². The zero-order valence-corrected chi connectivity index (χ0v) is 11.6. The maximum atomic E-state index is 12.4. The summed E-state index contributed by atoms with van der Waals surface area (Å²) < 4.78 is 5.79. The molecule has 6 nitrogen and oxygen atoms in total. The topological polar surface area (TPSA) is 68.2 Å². The van der Waals surface area contributed by atoms with Crippen LogP contribution in [0.15, 0.2) is 43.1 Å². The summed E-state index contributed by atoms with van der Waals surface area (Å²) in [6, 6.07) is 3.46. The maximum absolute atomic E-state index is 12.4. The first-order valence-electron chi connectivity index (χ1n) is 6.95. The number of amides is 1. The molecule has 0 saturated carbocycles. The number of piperidine rings is 1. The quantitative estimate of drug-likeness (QED) is 0.855. The Bertz CT molecular complexity index is 591. The summed E-state index contributed by atoms with van der Waals surface area (Å²) in [4.78, 5) is 26.2. The van der Waals surface area contributed by atoms with Crippen LogP contribution in [0.2, 0.25) is 0 Å². The van der Waals surface area contributed by atoms with E-state index in [1.807, 2.05) is 4.90 Å². The number of likely N-dealkylation sites (tertiary alicyclic amines) is 1. The van der Waals surface area contributed by atoms with E-state index in [0.717, 1.165) is 19.4 Å². The molecule has 1 atom stereocenters. The largest absolute Gasteiger partial charge is 0.471 e. The van der Waals surface area contributed by atoms with Crippen molar-refractivity contribution in [2.24, 2.45) is 0 Å². The van der Waals surface area contributed by atoms with Gasteiger partial charge in [-0.1, -0.05) is 0 Å². The van der Waals surface area contributed by atoms with Gasteiger partial charge in [0.05, 0.1) is 12.7 Å². The Morgan fingerprint density at radius 3 is 2.81 bits per heavy atom. The summed E-state index contributed by atoms with van der Waals surface area (Å²) in [5, 5.41) is 0. The Morgan fingerprint density at radius 2 is 2.05 bits per heavy atom. The molecule has 3 rings (SSSR count). The minimum absolute atomic E-state index is 0.0184. The van der Waals surface area contributed by atoms with Crippen molar-refractivity contribution >= 4 is 5.91 Å². The van der Waals surface area contributed by atoms with Gasteiger partial charge in [0.25, 0.3) is 5.91 Å². The van der Waals surface area contributed by atoms with Gasteiger partial charge in [-0.05, 0) is 25.0 Å². The van der Waals surface area contributed by atoms with E-state index in [9.17, 15) is 4.79 Å². The van der Waals surface area contributed by atoms with Crippen molar-refractivity contribution in [1.29, 1.82) is 0 Å². The van der Waals surface area contributed by atoms with Gasteiger partial charge in [-0.25, -0.2) is 4.98 Å². The van der Waals surface area contributed by atoms with Crippen LogP contribution in [-0.2, 0) is 0 Å². The summed E-state index contributed by atoms with van der Waals surface area (Å²) >= 11 is 0. The fraction of sp³-hybridized carbons (Fsp3) is 0.333. The Morgan fingerprint density at radius 1 is 1.19 bits per heavy atom. The molecule has 0 aromatic carbocycles. The molecule has 1 aliphatic heterocycles. The predicted octanol–water partition coefficient (Wildman–Crippen LogP) is 1.56. The Labute approximate surface area is 122 Å². The molecule has 0 radical (unpaired) electrons. The third kappa shape index (κ3) is 3.34. The van der Waals surface area contributed by atoms with Gasteiger partial charge in [0.1, 0.15) is 6.10 Å². The first kappa shape index (κ1) is 13.5. The molecular formula is C15H16N4O2. The van der Waals surface area contributed by atoms with Crippen LogP contribution in [0.3, 0.4) is 0 Å². The lowest BCUT2D eigenvalue weighted by molar-refractivity contribution is 0.0527. The van der Waals surface area contributed by atoms with Crippen LogP contribution < -0.4 is 4.74 Å². The van der Waals surface area contributed by atoms with E-state index in [1.165, 1.54) is 0 Å². The number of carbonyl (C=O) groups excluding carboxylic acids is 1. The van der Waals surface area contributed by atoms with Crippen LogP contribution in [0, 0.1) is 0 Å². The van der Waals surface area contributed by atoms with Gasteiger partial charge in [-0.3, -0.25) is 14.8 Å². The average molecular weight is 284 g/mol. The van der Waals surface area contributed by atoms with Gasteiger partial charge < -0.3 is 9.64 Å². The highest BCUT2D eigenvalue weighted by Crippen LogP contribution is 2.17. The van der Waals surface area contributed by atoms with E-state index >= 15 is 0 Å². The molecule has 0 bridgehead atoms. The molecule has 0 spiro atoms. The molecule has 2 aromatic rings. The number of carbonyl (C=O) groups is 1.